The number of hydrogen-bond acceptors (Lipinski definition) is 16. The van der Waals surface area contributed by atoms with Crippen molar-refractivity contribution in [3.8, 4) is 46.8 Å². The fourth-order valence-corrected chi connectivity index (χ4v) is 9.49. The van der Waals surface area contributed by atoms with Crippen LogP contribution in [0, 0.1) is 34.0 Å². The number of aromatic amines is 1. The number of ether oxygens (including phenoxy) is 2. The summed E-state index contributed by atoms with van der Waals surface area (Å²) < 4.78 is 19.5. The van der Waals surface area contributed by atoms with Crippen molar-refractivity contribution in [3.63, 3.8) is 0 Å². The summed E-state index contributed by atoms with van der Waals surface area (Å²) in [6, 6.07) is 36.5. The van der Waals surface area contributed by atoms with E-state index in [1.165, 1.54) is 39.9 Å². The number of pyridine rings is 6. The first-order valence-corrected chi connectivity index (χ1v) is 30.0. The average molecular weight is 1690 g/mol. The Balaban J connectivity index is 0.000000258. The normalized spacial score (nSPS) is 10.0. The summed E-state index contributed by atoms with van der Waals surface area (Å²) in [5.74, 6) is -0.162. The van der Waals surface area contributed by atoms with E-state index in [2.05, 4.69) is 67.2 Å². The molecule has 6 N–H and O–H groups in total. The molecule has 0 fully saturated rings. The Morgan fingerprint density at radius 1 is 0.553 bits per heavy atom. The van der Waals surface area contributed by atoms with E-state index >= 15 is 0 Å². The van der Waals surface area contributed by atoms with Crippen LogP contribution < -0.4 is 31.6 Å². The molecule has 0 aliphatic rings. The number of fused-ring (bicyclic) bond motifs is 9. The minimum Gasteiger partial charge on any atom is -0.508 e. The van der Waals surface area contributed by atoms with Crippen LogP contribution in [0.25, 0.3) is 77.2 Å². The van der Waals surface area contributed by atoms with E-state index in [1.54, 1.807) is 74.9 Å². The zero-order chi connectivity index (χ0) is 68.0. The number of nitrogens with one attached hydrogen (secondary N) is 1. The largest absolute Gasteiger partial charge is 0.508 e. The van der Waals surface area contributed by atoms with E-state index in [9.17, 15) is 30.0 Å². The van der Waals surface area contributed by atoms with Crippen molar-refractivity contribution in [3.05, 3.63) is 191 Å². The SMILES string of the molecule is BrB(Br)Br.CC(=O)O.CC(=O)O.COc1ccc2c(c1)c1[nH]c(=O)c(C#N)cc1n2C.COc1ccc2c(c1)c1c(cc(C#N)c(=O)n1-c1ccc(Cl)nc1)n2C.Cn1c2ccc(O)cc2c2c1cc(C#N)c(=O)n2-c1ccc(Cl)nc1.I.OB(O)c1ccc(Cl)nc1.[Cu]. The third-order valence-electron chi connectivity index (χ3n) is 13.1. The maximum atomic E-state index is 12.9. The molecule has 0 aliphatic heterocycles. The second-order valence-corrected chi connectivity index (χ2v) is 26.5. The Bertz CT molecular complexity index is 5060. The van der Waals surface area contributed by atoms with Crippen molar-refractivity contribution in [1.82, 2.24) is 42.8 Å². The monoisotopic (exact) mass is 1680 g/mol. The number of carbonyl (C=O) groups is 2. The van der Waals surface area contributed by atoms with Crippen LogP contribution in [-0.4, -0.2) is 105 Å². The van der Waals surface area contributed by atoms with Crippen molar-refractivity contribution < 1.29 is 61.5 Å². The van der Waals surface area contributed by atoms with Crippen LogP contribution in [-0.2, 0) is 47.8 Å². The van der Waals surface area contributed by atoms with Crippen molar-refractivity contribution in [2.24, 2.45) is 21.1 Å². The van der Waals surface area contributed by atoms with Gasteiger partial charge in [0.1, 0.15) is 67.6 Å². The number of benzene rings is 3. The number of phenols is 1. The maximum Gasteiger partial charge on any atom is 0.490 e. The summed E-state index contributed by atoms with van der Waals surface area (Å²) in [7, 11) is 7.37. The van der Waals surface area contributed by atoms with E-state index in [4.69, 9.17) is 79.4 Å². The summed E-state index contributed by atoms with van der Waals surface area (Å²) in [5.41, 5.74) is 7.37. The summed E-state index contributed by atoms with van der Waals surface area (Å²) in [6.07, 6.45) is 4.31. The number of H-pyrrole nitrogens is 1. The molecule has 12 rings (SSSR count). The molecule has 1 radical (unpaired) electrons. The number of rotatable bonds is 5. The van der Waals surface area contributed by atoms with Crippen LogP contribution in [0.4, 0.5) is 0 Å². The number of aromatic hydroxyl groups is 1. The molecule has 9 heterocycles. The van der Waals surface area contributed by atoms with E-state index < -0.39 is 30.2 Å². The van der Waals surface area contributed by atoms with Gasteiger partial charge >= 0.3 is 10.3 Å². The number of aliphatic carboxylic acids is 2. The van der Waals surface area contributed by atoms with Gasteiger partial charge in [-0.25, -0.2) is 15.0 Å². The molecule has 9 aromatic heterocycles. The van der Waals surface area contributed by atoms with E-state index in [0.717, 1.165) is 63.5 Å². The van der Waals surface area contributed by atoms with Crippen LogP contribution in [0.3, 0.4) is 0 Å². The van der Waals surface area contributed by atoms with Gasteiger partial charge < -0.3 is 53.5 Å². The van der Waals surface area contributed by atoms with E-state index in [0.29, 0.717) is 60.0 Å². The number of phenolic OH excluding ortho intramolecular Hbond substituents is 1. The Hall–Kier alpha value is -8.22. The van der Waals surface area contributed by atoms with Crippen molar-refractivity contribution in [1.29, 1.82) is 15.8 Å². The van der Waals surface area contributed by atoms with Gasteiger partial charge in [-0.2, -0.15) is 15.8 Å². The third kappa shape index (κ3) is 18.8. The van der Waals surface area contributed by atoms with Gasteiger partial charge in [-0.05, 0) is 103 Å². The van der Waals surface area contributed by atoms with Gasteiger partial charge in [0.25, 0.3) is 28.6 Å². The van der Waals surface area contributed by atoms with Gasteiger partial charge in [0.15, 0.2) is 0 Å². The molecule has 0 unspecified atom stereocenters. The Morgan fingerprint density at radius 3 is 1.29 bits per heavy atom. The van der Waals surface area contributed by atoms with Crippen LogP contribution >= 0.6 is 106 Å². The van der Waals surface area contributed by atoms with Gasteiger partial charge in [-0.15, -0.1) is 71.2 Å². The first-order valence-electron chi connectivity index (χ1n) is 26.1. The number of aryl methyl sites for hydroxylation is 3. The van der Waals surface area contributed by atoms with Crippen LogP contribution in [0.15, 0.2) is 142 Å². The molecule has 0 saturated heterocycles. The number of carboxylic acid groups (broad SMARTS) is 2. The smallest absolute Gasteiger partial charge is 0.490 e. The fraction of sp³-hybridized carbons (Fsp3) is 0.117. The molecular formula is C60H49B2Br3Cl3CuIN12O12. The Morgan fingerprint density at radius 2 is 0.915 bits per heavy atom. The number of nitrogens with zero attached hydrogens (tertiary/aromatic N) is 11. The topological polar surface area (TPSA) is 355 Å². The Labute approximate surface area is 601 Å². The molecule has 0 atom stereocenters. The molecule has 0 saturated carbocycles. The molecule has 0 spiro atoms. The number of aromatic nitrogens is 9. The number of methoxy groups -OCH3 is 2. The summed E-state index contributed by atoms with van der Waals surface area (Å²) in [6.45, 7) is 2.17. The number of hydrogen-bond donors (Lipinski definition) is 6. The van der Waals surface area contributed by atoms with E-state index in [-0.39, 0.29) is 72.2 Å². The second kappa shape index (κ2) is 35.3. The fourth-order valence-electron chi connectivity index (χ4n) is 9.16. The van der Waals surface area contributed by atoms with Crippen LogP contribution in [0.5, 0.6) is 17.2 Å². The molecule has 487 valence electrons. The van der Waals surface area contributed by atoms with Crippen molar-refractivity contribution >= 4 is 200 Å². The molecule has 34 heteroatoms. The minimum absolute atomic E-state index is 0. The third-order valence-corrected chi connectivity index (χ3v) is 13.7. The van der Waals surface area contributed by atoms with Crippen molar-refractivity contribution in [2.45, 2.75) is 13.8 Å². The predicted molar refractivity (Wildman–Crippen MR) is 381 cm³/mol. The zero-order valence-corrected chi connectivity index (χ0v) is 60.1. The van der Waals surface area contributed by atoms with Crippen LogP contribution in [0.2, 0.25) is 15.5 Å². The average Bonchev–Trinajstić information content (AvgIpc) is 1.58. The standard InChI is InChI=1S/C19H13ClN4O2.C18H11ClN4O2.C14H11N3O2.C5H5BClNO2.2C2H4O2.BBr3.Cu.HI/c1-23-15-5-4-13(26-2)8-14(15)18-16(23)7-11(9-21)19(25)24(18)12-3-6-17(20)22-10-12;1-22-14-4-3-12(24)7-13(14)17-15(22)6-10(8-20)18(25)23(17)11-2-5-16(19)21-9-11;1-17-11-4-3-9(19-2)6-10(11)13-12(17)5-8(7-15)14(18)16-13;7-5-2-1-4(3-8-5)6(9)10;2*1-2(3)4;2-1(3)4;;/h3-8,10H,1-2H3;2-7,9,24H,1H3;3-6H,1-2H3,(H,16,18);1-3,9-10H;2*1H3,(H,3,4);;;1H. The van der Waals surface area contributed by atoms with E-state index in [1.807, 2.05) is 89.5 Å². The quantitative estimate of drug-likeness (QED) is 0.0529. The first kappa shape index (κ1) is 78.2. The van der Waals surface area contributed by atoms with Gasteiger partial charge in [0.05, 0.1) is 87.6 Å². The summed E-state index contributed by atoms with van der Waals surface area (Å²) >= 11 is 26.5. The van der Waals surface area contributed by atoms with Gasteiger partial charge in [0, 0.05) is 79.9 Å². The number of carboxylic acids is 2. The summed E-state index contributed by atoms with van der Waals surface area (Å²) in [4.78, 5) is 70.1. The van der Waals surface area contributed by atoms with Gasteiger partial charge in [-0.3, -0.25) is 33.1 Å². The van der Waals surface area contributed by atoms with Crippen molar-refractivity contribution in [2.75, 3.05) is 14.2 Å². The molecule has 0 bridgehead atoms. The molecular weight excluding hydrogens is 1640 g/mol. The molecule has 3 aromatic carbocycles. The number of halogens is 7. The van der Waals surface area contributed by atoms with Gasteiger partial charge in [-0.1, -0.05) is 40.9 Å². The second-order valence-electron chi connectivity index (χ2n) is 18.9. The number of nitriles is 3. The summed E-state index contributed by atoms with van der Waals surface area (Å²) in [5, 5.41) is 73.0. The zero-order valence-electron chi connectivity index (χ0n) is 49.8. The Kier molecular flexibility index (Phi) is 29.4. The van der Waals surface area contributed by atoms with Gasteiger partial charge in [0.2, 0.25) is 0 Å². The molecule has 0 amide bonds. The van der Waals surface area contributed by atoms with Crippen LogP contribution in [0.1, 0.15) is 30.5 Å². The predicted octanol–water partition coefficient (Wildman–Crippen LogP) is 10.8. The first-order chi connectivity index (χ1) is 43.6. The molecule has 94 heavy (non-hydrogen) atoms. The molecule has 24 nitrogen and oxygen atoms in total. The minimum atomic E-state index is -1.47. The molecule has 12 aromatic rings. The maximum absolute atomic E-state index is 12.9. The molecule has 0 aliphatic carbocycles.